The Balaban J connectivity index is 1.95. The summed E-state index contributed by atoms with van der Waals surface area (Å²) in [5.41, 5.74) is 1.76. The van der Waals surface area contributed by atoms with Gasteiger partial charge in [0.05, 0.1) is 12.5 Å². The summed E-state index contributed by atoms with van der Waals surface area (Å²) in [6.45, 7) is 0. The lowest BCUT2D eigenvalue weighted by Gasteiger charge is -2.20. The molecule has 4 heteroatoms. The lowest BCUT2D eigenvalue weighted by Crippen LogP contribution is -2.22. The van der Waals surface area contributed by atoms with Gasteiger partial charge in [0.2, 0.25) is 5.90 Å². The summed E-state index contributed by atoms with van der Waals surface area (Å²) in [6.07, 6.45) is 0.248. The summed E-state index contributed by atoms with van der Waals surface area (Å²) in [6, 6.07) is 16.6. The number of hydrogen-bond donors (Lipinski definition) is 0. The number of esters is 1. The highest BCUT2D eigenvalue weighted by Gasteiger charge is 2.25. The molecule has 3 nitrogen and oxygen atoms in total. The summed E-state index contributed by atoms with van der Waals surface area (Å²) >= 11 is 5.88. The molecule has 0 unspecified atom stereocenters. The Labute approximate surface area is 121 Å². The summed E-state index contributed by atoms with van der Waals surface area (Å²) in [4.78, 5) is 16.3. The standard InChI is InChI=1S/C16H12ClNO2/c17-13-8-6-11(7-9-13)14-10-15(19)20-16(18-14)12-4-2-1-3-5-12/h1-9,14H,10H2/t14-/m1/s1. The Morgan fingerprint density at radius 2 is 1.75 bits per heavy atom. The average molecular weight is 286 g/mol. The molecular weight excluding hydrogens is 274 g/mol. The molecule has 1 aliphatic rings. The molecular formula is C16H12ClNO2. The highest BCUT2D eigenvalue weighted by atomic mass is 35.5. The minimum absolute atomic E-state index is 0.219. The number of cyclic esters (lactones) is 1. The van der Waals surface area contributed by atoms with Crippen LogP contribution in [0.2, 0.25) is 5.02 Å². The molecule has 0 fully saturated rings. The quantitative estimate of drug-likeness (QED) is 0.788. The molecule has 0 saturated carbocycles. The molecule has 20 heavy (non-hydrogen) atoms. The number of halogens is 1. The number of nitrogens with zero attached hydrogens (tertiary/aromatic N) is 1. The molecule has 0 aromatic heterocycles. The Kier molecular flexibility index (Phi) is 3.52. The van der Waals surface area contributed by atoms with Crippen LogP contribution in [0.15, 0.2) is 59.6 Å². The fraction of sp³-hybridized carbons (Fsp3) is 0.125. The van der Waals surface area contributed by atoms with E-state index >= 15 is 0 Å². The molecule has 0 bridgehead atoms. The minimum Gasteiger partial charge on any atom is -0.407 e. The highest BCUT2D eigenvalue weighted by Crippen LogP contribution is 2.27. The van der Waals surface area contributed by atoms with E-state index in [-0.39, 0.29) is 18.4 Å². The van der Waals surface area contributed by atoms with E-state index in [1.807, 2.05) is 42.5 Å². The zero-order valence-electron chi connectivity index (χ0n) is 10.6. The van der Waals surface area contributed by atoms with Crippen LogP contribution >= 0.6 is 11.6 Å². The molecule has 2 aromatic rings. The monoisotopic (exact) mass is 285 g/mol. The van der Waals surface area contributed by atoms with Crippen molar-refractivity contribution in [3.63, 3.8) is 0 Å². The molecule has 0 N–H and O–H groups in total. The number of ether oxygens (including phenoxy) is 1. The highest BCUT2D eigenvalue weighted by molar-refractivity contribution is 6.30. The summed E-state index contributed by atoms with van der Waals surface area (Å²) < 4.78 is 5.23. The lowest BCUT2D eigenvalue weighted by atomic mass is 10.0. The molecule has 1 heterocycles. The maximum atomic E-state index is 11.8. The molecule has 0 saturated heterocycles. The van der Waals surface area contributed by atoms with Crippen LogP contribution in [0.5, 0.6) is 0 Å². The summed E-state index contributed by atoms with van der Waals surface area (Å²) in [5.74, 6) is 0.112. The number of benzene rings is 2. The number of hydrogen-bond acceptors (Lipinski definition) is 3. The molecule has 0 aliphatic carbocycles. The Hall–Kier alpha value is -2.13. The second-order valence-corrected chi connectivity index (χ2v) is 4.98. The van der Waals surface area contributed by atoms with Gasteiger partial charge in [-0.3, -0.25) is 4.79 Å². The van der Waals surface area contributed by atoms with Gasteiger partial charge >= 0.3 is 5.97 Å². The van der Waals surface area contributed by atoms with Crippen molar-refractivity contribution in [1.29, 1.82) is 0 Å². The molecule has 3 rings (SSSR count). The summed E-state index contributed by atoms with van der Waals surface area (Å²) in [5, 5.41) is 0.666. The summed E-state index contributed by atoms with van der Waals surface area (Å²) in [7, 11) is 0. The normalized spacial score (nSPS) is 18.4. The van der Waals surface area contributed by atoms with E-state index < -0.39 is 0 Å². The van der Waals surface area contributed by atoms with Crippen molar-refractivity contribution < 1.29 is 9.53 Å². The first-order valence-electron chi connectivity index (χ1n) is 6.32. The molecule has 0 radical (unpaired) electrons. The Bertz CT molecular complexity index is 650. The SMILES string of the molecule is O=C1C[C@H](c2ccc(Cl)cc2)N=C(c2ccccc2)O1. The van der Waals surface area contributed by atoms with Crippen LogP contribution in [0.1, 0.15) is 23.6 Å². The van der Waals surface area contributed by atoms with Crippen LogP contribution in [-0.2, 0) is 9.53 Å². The van der Waals surface area contributed by atoms with Gasteiger partial charge in [-0.05, 0) is 29.8 Å². The molecule has 2 aromatic carbocycles. The maximum Gasteiger partial charge on any atom is 0.315 e. The zero-order valence-corrected chi connectivity index (χ0v) is 11.4. The molecule has 100 valence electrons. The van der Waals surface area contributed by atoms with Crippen molar-refractivity contribution >= 4 is 23.5 Å². The van der Waals surface area contributed by atoms with E-state index in [9.17, 15) is 4.79 Å². The van der Waals surface area contributed by atoms with Gasteiger partial charge in [-0.1, -0.05) is 41.9 Å². The third kappa shape index (κ3) is 2.73. The number of aliphatic imine (C=N–C) groups is 1. The first kappa shape index (κ1) is 12.9. The van der Waals surface area contributed by atoms with E-state index in [4.69, 9.17) is 16.3 Å². The van der Waals surface area contributed by atoms with Gasteiger partial charge < -0.3 is 4.74 Å². The van der Waals surface area contributed by atoms with Crippen molar-refractivity contribution in [3.8, 4) is 0 Å². The van der Waals surface area contributed by atoms with Gasteiger partial charge in [-0.2, -0.15) is 0 Å². The van der Waals surface area contributed by atoms with Gasteiger partial charge in [-0.25, -0.2) is 4.99 Å². The average Bonchev–Trinajstić information content (AvgIpc) is 2.48. The van der Waals surface area contributed by atoms with Crippen LogP contribution in [0, 0.1) is 0 Å². The largest absolute Gasteiger partial charge is 0.407 e. The van der Waals surface area contributed by atoms with E-state index in [1.165, 1.54) is 0 Å². The number of rotatable bonds is 2. The second kappa shape index (κ2) is 5.47. The van der Waals surface area contributed by atoms with Gasteiger partial charge in [0.15, 0.2) is 0 Å². The second-order valence-electron chi connectivity index (χ2n) is 4.55. The van der Waals surface area contributed by atoms with E-state index in [0.29, 0.717) is 10.9 Å². The van der Waals surface area contributed by atoms with Crippen molar-refractivity contribution in [2.24, 2.45) is 4.99 Å². The first-order chi connectivity index (χ1) is 9.72. The van der Waals surface area contributed by atoms with Gasteiger partial charge in [0.1, 0.15) is 0 Å². The van der Waals surface area contributed by atoms with E-state index in [1.54, 1.807) is 12.1 Å². The van der Waals surface area contributed by atoms with Crippen LogP contribution in [0.4, 0.5) is 0 Å². The van der Waals surface area contributed by atoms with E-state index in [0.717, 1.165) is 11.1 Å². The van der Waals surface area contributed by atoms with Crippen molar-refractivity contribution in [1.82, 2.24) is 0 Å². The van der Waals surface area contributed by atoms with Gasteiger partial charge in [-0.15, -0.1) is 0 Å². The van der Waals surface area contributed by atoms with E-state index in [2.05, 4.69) is 4.99 Å². The van der Waals surface area contributed by atoms with Crippen LogP contribution in [0.25, 0.3) is 0 Å². The predicted octanol–water partition coefficient (Wildman–Crippen LogP) is 3.77. The van der Waals surface area contributed by atoms with Crippen molar-refractivity contribution in [2.45, 2.75) is 12.5 Å². The lowest BCUT2D eigenvalue weighted by molar-refractivity contribution is -0.136. The minimum atomic E-state index is -0.265. The molecule has 0 spiro atoms. The van der Waals surface area contributed by atoms with Gasteiger partial charge in [0, 0.05) is 10.6 Å². The topological polar surface area (TPSA) is 38.7 Å². The van der Waals surface area contributed by atoms with Crippen LogP contribution in [-0.4, -0.2) is 11.9 Å². The Morgan fingerprint density at radius 3 is 2.45 bits per heavy atom. The van der Waals surface area contributed by atoms with Gasteiger partial charge in [0.25, 0.3) is 0 Å². The fourth-order valence-electron chi connectivity index (χ4n) is 2.11. The third-order valence-corrected chi connectivity index (χ3v) is 3.37. The zero-order chi connectivity index (χ0) is 13.9. The Morgan fingerprint density at radius 1 is 1.05 bits per heavy atom. The van der Waals surface area contributed by atoms with Crippen molar-refractivity contribution in [2.75, 3.05) is 0 Å². The maximum absolute atomic E-state index is 11.8. The fourth-order valence-corrected chi connectivity index (χ4v) is 2.24. The van der Waals surface area contributed by atoms with Crippen LogP contribution in [0.3, 0.4) is 0 Å². The van der Waals surface area contributed by atoms with Crippen molar-refractivity contribution in [3.05, 3.63) is 70.7 Å². The van der Waals surface area contributed by atoms with Crippen LogP contribution < -0.4 is 0 Å². The number of carbonyl (C=O) groups excluding carboxylic acids is 1. The molecule has 1 atom stereocenters. The third-order valence-electron chi connectivity index (χ3n) is 3.12. The number of carbonyl (C=O) groups is 1. The smallest absolute Gasteiger partial charge is 0.315 e. The predicted molar refractivity (Wildman–Crippen MR) is 77.9 cm³/mol. The molecule has 0 amide bonds. The molecule has 1 aliphatic heterocycles. The first-order valence-corrected chi connectivity index (χ1v) is 6.69.